The molecule has 1 N–H and O–H groups in total. The highest BCUT2D eigenvalue weighted by atomic mass is 19.4. The zero-order chi connectivity index (χ0) is 21.4. The summed E-state index contributed by atoms with van der Waals surface area (Å²) in [7, 11) is 0. The number of halogens is 3. The Labute approximate surface area is 163 Å². The fraction of sp³-hybridized carbons (Fsp3) is 0.500. The van der Waals surface area contributed by atoms with Crippen LogP contribution in [0.2, 0.25) is 0 Å². The van der Waals surface area contributed by atoms with Crippen LogP contribution in [0.5, 0.6) is 5.75 Å². The van der Waals surface area contributed by atoms with Gasteiger partial charge in [-0.2, -0.15) is 18.2 Å². The Morgan fingerprint density at radius 1 is 1.34 bits per heavy atom. The normalized spacial score (nSPS) is 16.3. The van der Waals surface area contributed by atoms with E-state index in [4.69, 9.17) is 9.26 Å². The van der Waals surface area contributed by atoms with Crippen LogP contribution in [0.15, 0.2) is 16.8 Å². The van der Waals surface area contributed by atoms with Crippen LogP contribution in [0, 0.1) is 6.92 Å². The van der Waals surface area contributed by atoms with Crippen LogP contribution in [0.3, 0.4) is 0 Å². The number of hydrogen-bond donors (Lipinski definition) is 1. The molecule has 1 unspecified atom stereocenters. The summed E-state index contributed by atoms with van der Waals surface area (Å²) in [6.07, 6.45) is -2.19. The van der Waals surface area contributed by atoms with E-state index in [-0.39, 0.29) is 29.1 Å². The molecule has 0 aliphatic heterocycles. The molecule has 0 aromatic carbocycles. The van der Waals surface area contributed by atoms with Gasteiger partial charge < -0.3 is 14.4 Å². The SMILES string of the molecule is Cc1nc(C(C)(CC(=O)c2cc(OCC(F)(F)F)c(C3CC3)cn2)C(=O)O)no1. The molecule has 8 nitrogen and oxygen atoms in total. The van der Waals surface area contributed by atoms with Crippen LogP contribution in [-0.4, -0.2) is 44.8 Å². The Bertz CT molecular complexity index is 939. The number of aromatic nitrogens is 3. The number of ether oxygens (including phenoxy) is 1. The molecule has 0 amide bonds. The first-order valence-corrected chi connectivity index (χ1v) is 8.76. The maximum atomic E-state index is 12.7. The molecule has 0 spiro atoms. The summed E-state index contributed by atoms with van der Waals surface area (Å²) in [5.41, 5.74) is -1.49. The lowest BCUT2D eigenvalue weighted by Gasteiger charge is -2.20. The molecule has 0 radical (unpaired) electrons. The molecule has 0 bridgehead atoms. The minimum Gasteiger partial charge on any atom is -0.484 e. The van der Waals surface area contributed by atoms with E-state index in [9.17, 15) is 27.9 Å². The van der Waals surface area contributed by atoms with Crippen molar-refractivity contribution in [2.75, 3.05) is 6.61 Å². The molecule has 156 valence electrons. The van der Waals surface area contributed by atoms with Gasteiger partial charge in [0.25, 0.3) is 0 Å². The second-order valence-electron chi connectivity index (χ2n) is 7.16. The smallest absolute Gasteiger partial charge is 0.422 e. The third-order valence-electron chi connectivity index (χ3n) is 4.60. The summed E-state index contributed by atoms with van der Waals surface area (Å²) in [6, 6.07) is 1.13. The Morgan fingerprint density at radius 3 is 2.55 bits per heavy atom. The second kappa shape index (κ2) is 7.45. The Hall–Kier alpha value is -2.98. The lowest BCUT2D eigenvalue weighted by atomic mass is 9.83. The van der Waals surface area contributed by atoms with Gasteiger partial charge in [-0.05, 0) is 25.7 Å². The molecule has 2 aromatic rings. The number of pyridine rings is 1. The minimum absolute atomic E-state index is 0.0430. The highest BCUT2D eigenvalue weighted by molar-refractivity contribution is 5.99. The number of hydrogen-bond acceptors (Lipinski definition) is 7. The lowest BCUT2D eigenvalue weighted by molar-refractivity contribution is -0.153. The number of aryl methyl sites for hydroxylation is 1. The standard InChI is InChI=1S/C18H18F3N3O5/c1-9-23-15(24-29-9)17(2,16(26)27)6-13(25)12-5-14(28-8-18(19,20)21)11(7-22-12)10-3-4-10/h5,7,10H,3-4,6,8H2,1-2H3,(H,26,27). The average Bonchev–Trinajstić information content (AvgIpc) is 3.39. The predicted octanol–water partition coefficient (Wildman–Crippen LogP) is 3.21. The molecular formula is C18H18F3N3O5. The van der Waals surface area contributed by atoms with Gasteiger partial charge in [-0.15, -0.1) is 0 Å². The quantitative estimate of drug-likeness (QED) is 0.656. The number of carbonyl (C=O) groups excluding carboxylic acids is 1. The molecule has 11 heteroatoms. The molecule has 1 atom stereocenters. The van der Waals surface area contributed by atoms with Crippen LogP contribution in [0.4, 0.5) is 13.2 Å². The summed E-state index contributed by atoms with van der Waals surface area (Å²) < 4.78 is 47.4. The Kier molecular flexibility index (Phi) is 5.33. The fourth-order valence-corrected chi connectivity index (χ4v) is 2.77. The van der Waals surface area contributed by atoms with Crippen molar-refractivity contribution in [2.24, 2.45) is 0 Å². The van der Waals surface area contributed by atoms with Crippen LogP contribution in [0.1, 0.15) is 59.9 Å². The van der Waals surface area contributed by atoms with E-state index in [2.05, 4.69) is 15.1 Å². The van der Waals surface area contributed by atoms with Crippen molar-refractivity contribution in [3.05, 3.63) is 35.2 Å². The highest BCUT2D eigenvalue weighted by Crippen LogP contribution is 2.44. The van der Waals surface area contributed by atoms with Crippen molar-refractivity contribution >= 4 is 11.8 Å². The van der Waals surface area contributed by atoms with Crippen molar-refractivity contribution in [1.29, 1.82) is 0 Å². The van der Waals surface area contributed by atoms with E-state index < -0.39 is 36.4 Å². The molecular weight excluding hydrogens is 395 g/mol. The highest BCUT2D eigenvalue weighted by Gasteiger charge is 2.42. The first kappa shape index (κ1) is 20.7. The van der Waals surface area contributed by atoms with E-state index in [1.165, 1.54) is 20.0 Å². The third-order valence-corrected chi connectivity index (χ3v) is 4.60. The minimum atomic E-state index is -4.54. The third kappa shape index (κ3) is 4.72. The van der Waals surface area contributed by atoms with Gasteiger partial charge in [0, 0.05) is 31.2 Å². The zero-order valence-electron chi connectivity index (χ0n) is 15.6. The molecule has 1 saturated carbocycles. The van der Waals surface area contributed by atoms with Crippen molar-refractivity contribution in [1.82, 2.24) is 15.1 Å². The number of carboxylic acid groups (broad SMARTS) is 1. The largest absolute Gasteiger partial charge is 0.484 e. The van der Waals surface area contributed by atoms with Crippen LogP contribution < -0.4 is 4.74 Å². The number of carboxylic acids is 1. The van der Waals surface area contributed by atoms with Gasteiger partial charge in [0.15, 0.2) is 18.2 Å². The summed E-state index contributed by atoms with van der Waals surface area (Å²) in [4.78, 5) is 32.4. The first-order chi connectivity index (χ1) is 13.5. The van der Waals surface area contributed by atoms with Crippen molar-refractivity contribution < 1.29 is 37.1 Å². The zero-order valence-corrected chi connectivity index (χ0v) is 15.6. The van der Waals surface area contributed by atoms with Crippen molar-refractivity contribution in [3.8, 4) is 5.75 Å². The van der Waals surface area contributed by atoms with Crippen molar-refractivity contribution in [3.63, 3.8) is 0 Å². The van der Waals surface area contributed by atoms with E-state index in [0.717, 1.165) is 18.9 Å². The molecule has 2 heterocycles. The number of rotatable bonds is 8. The predicted molar refractivity (Wildman–Crippen MR) is 90.7 cm³/mol. The molecule has 2 aromatic heterocycles. The molecule has 1 aliphatic carbocycles. The Balaban J connectivity index is 1.87. The Morgan fingerprint density at radius 2 is 2.03 bits per heavy atom. The van der Waals surface area contributed by atoms with E-state index in [0.29, 0.717) is 5.56 Å². The van der Waals surface area contributed by atoms with Crippen LogP contribution in [-0.2, 0) is 10.2 Å². The number of Topliss-reactive ketones (excluding diaryl/α,β-unsaturated/α-hetero) is 1. The number of alkyl halides is 3. The van der Waals surface area contributed by atoms with E-state index in [1.54, 1.807) is 0 Å². The molecule has 3 rings (SSSR count). The summed E-state index contributed by atoms with van der Waals surface area (Å²) >= 11 is 0. The lowest BCUT2D eigenvalue weighted by Crippen LogP contribution is -2.36. The summed E-state index contributed by atoms with van der Waals surface area (Å²) in [6.45, 7) is 1.24. The molecule has 0 saturated heterocycles. The molecule has 1 aliphatic rings. The van der Waals surface area contributed by atoms with Gasteiger partial charge in [0.2, 0.25) is 5.89 Å². The van der Waals surface area contributed by atoms with Gasteiger partial charge in [0.1, 0.15) is 16.9 Å². The number of aliphatic carboxylic acids is 1. The van der Waals surface area contributed by atoms with Gasteiger partial charge in [0.05, 0.1) is 0 Å². The average molecular weight is 413 g/mol. The first-order valence-electron chi connectivity index (χ1n) is 8.76. The monoisotopic (exact) mass is 413 g/mol. The maximum Gasteiger partial charge on any atom is 0.422 e. The number of nitrogens with zero attached hydrogens (tertiary/aromatic N) is 3. The maximum absolute atomic E-state index is 12.7. The number of ketones is 1. The molecule has 1 fully saturated rings. The van der Waals surface area contributed by atoms with E-state index in [1.807, 2.05) is 0 Å². The van der Waals surface area contributed by atoms with Gasteiger partial charge >= 0.3 is 12.1 Å². The van der Waals surface area contributed by atoms with Gasteiger partial charge in [-0.1, -0.05) is 5.16 Å². The van der Waals surface area contributed by atoms with Gasteiger partial charge in [-0.3, -0.25) is 14.6 Å². The summed E-state index contributed by atoms with van der Waals surface area (Å²) in [5, 5.41) is 13.2. The fourth-order valence-electron chi connectivity index (χ4n) is 2.77. The molecule has 29 heavy (non-hydrogen) atoms. The topological polar surface area (TPSA) is 115 Å². The number of carbonyl (C=O) groups is 2. The second-order valence-corrected chi connectivity index (χ2v) is 7.16. The van der Waals surface area contributed by atoms with Crippen LogP contribution >= 0.6 is 0 Å². The van der Waals surface area contributed by atoms with Gasteiger partial charge in [-0.25, -0.2) is 0 Å². The van der Waals surface area contributed by atoms with Crippen molar-refractivity contribution in [2.45, 2.75) is 50.6 Å². The van der Waals surface area contributed by atoms with E-state index >= 15 is 0 Å². The summed E-state index contributed by atoms with van der Waals surface area (Å²) in [5.74, 6) is -2.13. The van der Waals surface area contributed by atoms with Crippen LogP contribution in [0.25, 0.3) is 0 Å².